The average Bonchev–Trinajstić information content (AvgIpc) is 2.70. The first-order valence-electron chi connectivity index (χ1n) is 5.98. The molecule has 0 aliphatic carbocycles. The van der Waals surface area contributed by atoms with Crippen molar-refractivity contribution in [1.82, 2.24) is 20.4 Å². The molecule has 1 unspecified atom stereocenters. The van der Waals surface area contributed by atoms with Crippen molar-refractivity contribution in [3.63, 3.8) is 0 Å². The smallest absolute Gasteiger partial charge is 0.0846 e. The molecule has 5 nitrogen and oxygen atoms in total. The summed E-state index contributed by atoms with van der Waals surface area (Å²) in [4.78, 5) is 0. The van der Waals surface area contributed by atoms with Crippen molar-refractivity contribution in [2.45, 2.75) is 26.3 Å². The van der Waals surface area contributed by atoms with Crippen LogP contribution >= 0.6 is 0 Å². The first-order valence-corrected chi connectivity index (χ1v) is 5.98. The molecule has 1 atom stereocenters. The highest BCUT2D eigenvalue weighted by molar-refractivity contribution is 5.31. The van der Waals surface area contributed by atoms with Gasteiger partial charge in [-0.05, 0) is 19.4 Å². The lowest BCUT2D eigenvalue weighted by Gasteiger charge is -2.16. The summed E-state index contributed by atoms with van der Waals surface area (Å²) in [6.45, 7) is 4.18. The van der Waals surface area contributed by atoms with Crippen molar-refractivity contribution in [2.75, 3.05) is 0 Å². The van der Waals surface area contributed by atoms with Gasteiger partial charge in [0, 0.05) is 19.7 Å². The molecule has 3 N–H and O–H groups in total. The molecule has 1 aromatic heterocycles. The molecule has 0 spiro atoms. The van der Waals surface area contributed by atoms with E-state index in [9.17, 15) is 0 Å². The third-order valence-corrected chi connectivity index (χ3v) is 2.91. The topological polar surface area (TPSA) is 68.8 Å². The van der Waals surface area contributed by atoms with Crippen LogP contribution in [0.1, 0.15) is 28.4 Å². The van der Waals surface area contributed by atoms with Crippen molar-refractivity contribution < 1.29 is 0 Å². The number of aryl methyl sites for hydroxylation is 3. The number of nitrogens with one attached hydrogen (secondary N) is 1. The lowest BCUT2D eigenvalue weighted by molar-refractivity contribution is 0.545. The fourth-order valence-electron chi connectivity index (χ4n) is 2.18. The number of hydrogen-bond donors (Lipinski definition) is 2. The molecule has 0 saturated heterocycles. The second-order valence-electron chi connectivity index (χ2n) is 4.73. The summed E-state index contributed by atoms with van der Waals surface area (Å²) < 4.78 is 1.70. The van der Waals surface area contributed by atoms with E-state index in [0.717, 1.165) is 12.1 Å². The molecule has 0 radical (unpaired) electrons. The number of aromatic nitrogens is 3. The zero-order valence-corrected chi connectivity index (χ0v) is 11.0. The Labute approximate surface area is 107 Å². The third kappa shape index (κ3) is 2.94. The monoisotopic (exact) mass is 245 g/mol. The number of hydrazine groups is 1. The Balaban J connectivity index is 2.22. The third-order valence-electron chi connectivity index (χ3n) is 2.91. The molecular formula is C13H19N5. The summed E-state index contributed by atoms with van der Waals surface area (Å²) in [6.07, 6.45) is 2.64. The second kappa shape index (κ2) is 5.29. The van der Waals surface area contributed by atoms with Crippen LogP contribution in [0.2, 0.25) is 0 Å². The minimum atomic E-state index is 0.0558. The number of hydrogen-bond acceptors (Lipinski definition) is 4. The van der Waals surface area contributed by atoms with E-state index >= 15 is 0 Å². The van der Waals surface area contributed by atoms with Gasteiger partial charge in [-0.25, -0.2) is 0 Å². The van der Waals surface area contributed by atoms with E-state index in [1.54, 1.807) is 4.68 Å². The Hall–Kier alpha value is -1.72. The van der Waals surface area contributed by atoms with Crippen LogP contribution in [0.25, 0.3) is 0 Å². The predicted octanol–water partition coefficient (Wildman–Crippen LogP) is 1.18. The Morgan fingerprint density at radius 2 is 1.94 bits per heavy atom. The molecule has 1 heterocycles. The van der Waals surface area contributed by atoms with Crippen LogP contribution < -0.4 is 11.3 Å². The van der Waals surface area contributed by atoms with Crippen molar-refractivity contribution >= 4 is 0 Å². The van der Waals surface area contributed by atoms with Crippen molar-refractivity contribution in [3.8, 4) is 0 Å². The van der Waals surface area contributed by atoms with Crippen molar-refractivity contribution in [2.24, 2.45) is 12.9 Å². The van der Waals surface area contributed by atoms with E-state index in [2.05, 4.69) is 47.8 Å². The molecule has 0 amide bonds. The van der Waals surface area contributed by atoms with E-state index in [1.807, 2.05) is 13.2 Å². The van der Waals surface area contributed by atoms with Crippen LogP contribution in [-0.4, -0.2) is 15.0 Å². The quantitative estimate of drug-likeness (QED) is 0.627. The lowest BCUT2D eigenvalue weighted by Crippen LogP contribution is -2.29. The highest BCUT2D eigenvalue weighted by Crippen LogP contribution is 2.19. The van der Waals surface area contributed by atoms with Crippen LogP contribution in [0, 0.1) is 13.8 Å². The highest BCUT2D eigenvalue weighted by Gasteiger charge is 2.13. The Bertz CT molecular complexity index is 512. The SMILES string of the molecule is Cc1cc(C)cc(C(Cc2cn(C)nn2)NN)c1. The molecule has 0 fully saturated rings. The van der Waals surface area contributed by atoms with E-state index in [-0.39, 0.29) is 6.04 Å². The van der Waals surface area contributed by atoms with E-state index in [4.69, 9.17) is 5.84 Å². The van der Waals surface area contributed by atoms with Gasteiger partial charge in [-0.15, -0.1) is 5.10 Å². The molecule has 0 aliphatic rings. The van der Waals surface area contributed by atoms with E-state index in [1.165, 1.54) is 16.7 Å². The van der Waals surface area contributed by atoms with Crippen LogP contribution in [0.15, 0.2) is 24.4 Å². The Kier molecular flexibility index (Phi) is 3.74. The molecule has 2 rings (SSSR count). The maximum Gasteiger partial charge on any atom is 0.0846 e. The van der Waals surface area contributed by atoms with Gasteiger partial charge < -0.3 is 0 Å². The van der Waals surface area contributed by atoms with Gasteiger partial charge >= 0.3 is 0 Å². The van der Waals surface area contributed by atoms with Gasteiger partial charge in [0.1, 0.15) is 0 Å². The first kappa shape index (κ1) is 12.7. The highest BCUT2D eigenvalue weighted by atomic mass is 15.4. The van der Waals surface area contributed by atoms with Gasteiger partial charge in [0.25, 0.3) is 0 Å². The standard InChI is InChI=1S/C13H19N5/c1-9-4-10(2)6-11(5-9)13(15-14)7-12-8-18(3)17-16-12/h4-6,8,13,15H,7,14H2,1-3H3. The number of nitrogens with two attached hydrogens (primary N) is 1. The zero-order valence-electron chi connectivity index (χ0n) is 11.0. The summed E-state index contributed by atoms with van der Waals surface area (Å²) in [5.41, 5.74) is 7.45. The van der Waals surface area contributed by atoms with Gasteiger partial charge in [0.15, 0.2) is 0 Å². The van der Waals surface area contributed by atoms with E-state index in [0.29, 0.717) is 0 Å². The predicted molar refractivity (Wildman–Crippen MR) is 70.7 cm³/mol. The molecule has 96 valence electrons. The number of nitrogens with zero attached hydrogens (tertiary/aromatic N) is 3. The first-order chi connectivity index (χ1) is 8.58. The van der Waals surface area contributed by atoms with Crippen LogP contribution in [0.4, 0.5) is 0 Å². The van der Waals surface area contributed by atoms with Gasteiger partial charge in [0.05, 0.1) is 11.7 Å². The molecule has 18 heavy (non-hydrogen) atoms. The Morgan fingerprint density at radius 1 is 1.28 bits per heavy atom. The van der Waals surface area contributed by atoms with Gasteiger partial charge in [-0.3, -0.25) is 16.0 Å². The van der Waals surface area contributed by atoms with Gasteiger partial charge in [-0.2, -0.15) is 0 Å². The normalized spacial score (nSPS) is 12.7. The second-order valence-corrected chi connectivity index (χ2v) is 4.73. The minimum Gasteiger partial charge on any atom is -0.271 e. The zero-order chi connectivity index (χ0) is 13.1. The maximum absolute atomic E-state index is 5.65. The van der Waals surface area contributed by atoms with Crippen LogP contribution in [-0.2, 0) is 13.5 Å². The summed E-state index contributed by atoms with van der Waals surface area (Å²) in [5, 5.41) is 8.02. The lowest BCUT2D eigenvalue weighted by atomic mass is 9.99. The fourth-order valence-corrected chi connectivity index (χ4v) is 2.18. The largest absolute Gasteiger partial charge is 0.271 e. The average molecular weight is 245 g/mol. The molecule has 0 saturated carbocycles. The summed E-state index contributed by atoms with van der Waals surface area (Å²) in [7, 11) is 1.86. The van der Waals surface area contributed by atoms with Crippen LogP contribution in [0.3, 0.4) is 0 Å². The van der Waals surface area contributed by atoms with E-state index < -0.39 is 0 Å². The van der Waals surface area contributed by atoms with Gasteiger partial charge in [-0.1, -0.05) is 34.5 Å². The number of benzene rings is 1. The fraction of sp³-hybridized carbons (Fsp3) is 0.385. The van der Waals surface area contributed by atoms with Crippen molar-refractivity contribution in [1.29, 1.82) is 0 Å². The molecule has 0 bridgehead atoms. The summed E-state index contributed by atoms with van der Waals surface area (Å²) in [6, 6.07) is 6.50. The minimum absolute atomic E-state index is 0.0558. The van der Waals surface area contributed by atoms with Crippen LogP contribution in [0.5, 0.6) is 0 Å². The molecule has 5 heteroatoms. The molecule has 0 aliphatic heterocycles. The Morgan fingerprint density at radius 3 is 2.44 bits per heavy atom. The molecular weight excluding hydrogens is 226 g/mol. The van der Waals surface area contributed by atoms with Crippen molar-refractivity contribution in [3.05, 3.63) is 46.8 Å². The molecule has 1 aromatic carbocycles. The van der Waals surface area contributed by atoms with Gasteiger partial charge in [0.2, 0.25) is 0 Å². The number of rotatable bonds is 4. The summed E-state index contributed by atoms with van der Waals surface area (Å²) >= 11 is 0. The maximum atomic E-state index is 5.65. The molecule has 2 aromatic rings. The summed E-state index contributed by atoms with van der Waals surface area (Å²) in [5.74, 6) is 5.65.